The minimum Gasteiger partial charge on any atom is -0.383 e. The number of ketones is 1. The van der Waals surface area contributed by atoms with Crippen LogP contribution in [-0.2, 0) is 6.42 Å². The third kappa shape index (κ3) is 5.41. The van der Waals surface area contributed by atoms with Gasteiger partial charge in [0.1, 0.15) is 5.69 Å². The molecule has 1 amide bonds. The maximum Gasteiger partial charge on any atom is 0.274 e. The van der Waals surface area contributed by atoms with E-state index >= 15 is 0 Å². The van der Waals surface area contributed by atoms with Crippen molar-refractivity contribution in [3.8, 4) is 0 Å². The second-order valence-electron chi connectivity index (χ2n) is 6.33. The van der Waals surface area contributed by atoms with Gasteiger partial charge in [-0.3, -0.25) is 9.59 Å². The number of benzene rings is 2. The van der Waals surface area contributed by atoms with Crippen LogP contribution in [0.2, 0.25) is 5.02 Å². The second-order valence-corrected chi connectivity index (χ2v) is 6.76. The smallest absolute Gasteiger partial charge is 0.274 e. The van der Waals surface area contributed by atoms with Crippen molar-refractivity contribution in [1.29, 1.82) is 0 Å². The van der Waals surface area contributed by atoms with Gasteiger partial charge in [0.2, 0.25) is 0 Å². The van der Waals surface area contributed by atoms with E-state index in [1.807, 2.05) is 30.3 Å². The lowest BCUT2D eigenvalue weighted by molar-refractivity contribution is 0.101. The van der Waals surface area contributed by atoms with Crippen LogP contribution in [0, 0.1) is 0 Å². The first-order valence-corrected chi connectivity index (χ1v) is 9.26. The lowest BCUT2D eigenvalue weighted by atomic mass is 10.1. The Kier molecular flexibility index (Phi) is 6.40. The van der Waals surface area contributed by atoms with Crippen LogP contribution in [0.3, 0.4) is 0 Å². The molecule has 3 aromatic rings. The molecular formula is C22H20ClN3O2. The van der Waals surface area contributed by atoms with E-state index in [-0.39, 0.29) is 11.7 Å². The van der Waals surface area contributed by atoms with Gasteiger partial charge in [0.15, 0.2) is 5.78 Å². The molecule has 1 aromatic heterocycles. The van der Waals surface area contributed by atoms with E-state index in [0.717, 1.165) is 29.2 Å². The fourth-order valence-electron chi connectivity index (χ4n) is 2.66. The highest BCUT2D eigenvalue weighted by molar-refractivity contribution is 6.30. The Balaban J connectivity index is 1.53. The number of halogens is 1. The standard InChI is InChI=1S/C22H20ClN3O2/c1-15(27)17-5-7-19(8-6-17)26-22(28)21-10-9-20(14-25-21)24-12-11-16-3-2-4-18(23)13-16/h2-10,13-14,24H,11-12H2,1H3,(H,26,28). The van der Waals surface area contributed by atoms with Crippen molar-refractivity contribution in [2.75, 3.05) is 17.2 Å². The van der Waals surface area contributed by atoms with Crippen molar-refractivity contribution in [3.05, 3.63) is 88.7 Å². The topological polar surface area (TPSA) is 71.1 Å². The van der Waals surface area contributed by atoms with Crippen LogP contribution in [0.15, 0.2) is 66.9 Å². The van der Waals surface area contributed by atoms with Crippen LogP contribution in [0.1, 0.15) is 33.3 Å². The third-order valence-electron chi connectivity index (χ3n) is 4.18. The molecule has 0 saturated heterocycles. The van der Waals surface area contributed by atoms with Crippen molar-refractivity contribution in [1.82, 2.24) is 4.98 Å². The molecule has 1 heterocycles. The van der Waals surface area contributed by atoms with Gasteiger partial charge in [-0.05, 0) is 67.4 Å². The number of nitrogens with zero attached hydrogens (tertiary/aromatic N) is 1. The van der Waals surface area contributed by atoms with Crippen molar-refractivity contribution < 1.29 is 9.59 Å². The summed E-state index contributed by atoms with van der Waals surface area (Å²) in [6.07, 6.45) is 2.46. The van der Waals surface area contributed by atoms with Crippen LogP contribution in [-0.4, -0.2) is 23.2 Å². The second kappa shape index (κ2) is 9.15. The fourth-order valence-corrected chi connectivity index (χ4v) is 2.87. The molecule has 0 radical (unpaired) electrons. The Bertz CT molecular complexity index is 970. The van der Waals surface area contributed by atoms with Gasteiger partial charge in [-0.15, -0.1) is 0 Å². The summed E-state index contributed by atoms with van der Waals surface area (Å²) in [4.78, 5) is 27.8. The average Bonchev–Trinajstić information content (AvgIpc) is 2.69. The first-order valence-electron chi connectivity index (χ1n) is 8.88. The summed E-state index contributed by atoms with van der Waals surface area (Å²) in [6, 6.07) is 18.0. The summed E-state index contributed by atoms with van der Waals surface area (Å²) in [6.45, 7) is 2.23. The van der Waals surface area contributed by atoms with Gasteiger partial charge in [0.25, 0.3) is 5.91 Å². The third-order valence-corrected chi connectivity index (χ3v) is 4.41. The van der Waals surface area contributed by atoms with E-state index in [1.54, 1.807) is 36.5 Å². The minimum absolute atomic E-state index is 0.0157. The molecule has 142 valence electrons. The van der Waals surface area contributed by atoms with E-state index in [1.165, 1.54) is 6.92 Å². The van der Waals surface area contributed by atoms with Crippen molar-refractivity contribution in [3.63, 3.8) is 0 Å². The molecule has 0 aliphatic rings. The molecule has 0 atom stereocenters. The molecule has 6 heteroatoms. The zero-order valence-corrected chi connectivity index (χ0v) is 16.2. The molecule has 5 nitrogen and oxygen atoms in total. The molecule has 0 unspecified atom stereocenters. The summed E-state index contributed by atoms with van der Waals surface area (Å²) in [7, 11) is 0. The molecule has 0 fully saturated rings. The van der Waals surface area contributed by atoms with Gasteiger partial charge in [-0.2, -0.15) is 0 Å². The predicted molar refractivity (Wildman–Crippen MR) is 112 cm³/mol. The number of nitrogens with one attached hydrogen (secondary N) is 2. The first-order chi connectivity index (χ1) is 13.5. The molecule has 28 heavy (non-hydrogen) atoms. The van der Waals surface area contributed by atoms with Gasteiger partial charge in [-0.1, -0.05) is 23.7 Å². The number of hydrogen-bond acceptors (Lipinski definition) is 4. The van der Waals surface area contributed by atoms with Crippen LogP contribution in [0.4, 0.5) is 11.4 Å². The molecule has 0 bridgehead atoms. The largest absolute Gasteiger partial charge is 0.383 e. The molecule has 2 N–H and O–H groups in total. The van der Waals surface area contributed by atoms with Crippen molar-refractivity contribution in [2.24, 2.45) is 0 Å². The molecule has 3 rings (SSSR count). The molecule has 2 aromatic carbocycles. The number of carbonyl (C=O) groups excluding carboxylic acids is 2. The molecule has 0 spiro atoms. The Labute approximate surface area is 168 Å². The number of carbonyl (C=O) groups is 2. The van der Waals surface area contributed by atoms with E-state index in [0.29, 0.717) is 16.9 Å². The first kappa shape index (κ1) is 19.6. The van der Waals surface area contributed by atoms with Crippen LogP contribution in [0.25, 0.3) is 0 Å². The summed E-state index contributed by atoms with van der Waals surface area (Å²) >= 11 is 5.98. The minimum atomic E-state index is -0.305. The van der Waals surface area contributed by atoms with Gasteiger partial charge in [0, 0.05) is 22.8 Å². The lowest BCUT2D eigenvalue weighted by Crippen LogP contribution is -2.14. The number of pyridine rings is 1. The van der Waals surface area contributed by atoms with E-state index in [4.69, 9.17) is 11.6 Å². The summed E-state index contributed by atoms with van der Waals surface area (Å²) < 4.78 is 0. The molecule has 0 saturated carbocycles. The van der Waals surface area contributed by atoms with Crippen LogP contribution >= 0.6 is 11.6 Å². The van der Waals surface area contributed by atoms with Gasteiger partial charge in [0.05, 0.1) is 11.9 Å². The number of rotatable bonds is 7. The monoisotopic (exact) mass is 393 g/mol. The van der Waals surface area contributed by atoms with E-state index < -0.39 is 0 Å². The molecule has 0 aliphatic heterocycles. The van der Waals surface area contributed by atoms with Gasteiger partial charge >= 0.3 is 0 Å². The molecule has 0 aliphatic carbocycles. The maximum atomic E-state index is 12.3. The summed E-state index contributed by atoms with van der Waals surface area (Å²) in [5.74, 6) is -0.320. The Morgan fingerprint density at radius 3 is 2.39 bits per heavy atom. The number of aromatic nitrogens is 1. The zero-order chi connectivity index (χ0) is 19.9. The molecular weight excluding hydrogens is 374 g/mol. The zero-order valence-electron chi connectivity index (χ0n) is 15.4. The number of Topliss-reactive ketones (excluding diaryl/α,β-unsaturated/α-hetero) is 1. The van der Waals surface area contributed by atoms with Crippen molar-refractivity contribution in [2.45, 2.75) is 13.3 Å². The van der Waals surface area contributed by atoms with E-state index in [2.05, 4.69) is 15.6 Å². The normalized spacial score (nSPS) is 10.4. The maximum absolute atomic E-state index is 12.3. The van der Waals surface area contributed by atoms with Crippen LogP contribution in [0.5, 0.6) is 0 Å². The predicted octanol–water partition coefficient (Wildman–Crippen LogP) is 4.84. The lowest BCUT2D eigenvalue weighted by Gasteiger charge is -2.08. The Morgan fingerprint density at radius 2 is 1.75 bits per heavy atom. The van der Waals surface area contributed by atoms with Gasteiger partial charge in [-0.25, -0.2) is 4.98 Å². The van der Waals surface area contributed by atoms with Crippen LogP contribution < -0.4 is 10.6 Å². The highest BCUT2D eigenvalue weighted by Gasteiger charge is 2.08. The number of anilines is 2. The SMILES string of the molecule is CC(=O)c1ccc(NC(=O)c2ccc(NCCc3cccc(Cl)c3)cn2)cc1. The van der Waals surface area contributed by atoms with Crippen molar-refractivity contribution >= 4 is 34.7 Å². The number of hydrogen-bond donors (Lipinski definition) is 2. The summed E-state index contributed by atoms with van der Waals surface area (Å²) in [5, 5.41) is 6.77. The van der Waals surface area contributed by atoms with E-state index in [9.17, 15) is 9.59 Å². The Morgan fingerprint density at radius 1 is 1.00 bits per heavy atom. The summed E-state index contributed by atoms with van der Waals surface area (Å²) in [5.41, 5.74) is 3.52. The highest BCUT2D eigenvalue weighted by Crippen LogP contribution is 2.14. The van der Waals surface area contributed by atoms with Gasteiger partial charge < -0.3 is 10.6 Å². The average molecular weight is 394 g/mol. The number of amides is 1. The quantitative estimate of drug-likeness (QED) is 0.563. The highest BCUT2D eigenvalue weighted by atomic mass is 35.5. The fraction of sp³-hybridized carbons (Fsp3) is 0.136. The Hall–Kier alpha value is -3.18.